The third-order valence-corrected chi connectivity index (χ3v) is 9.13. The van der Waals surface area contributed by atoms with E-state index in [9.17, 15) is 14.4 Å². The van der Waals surface area contributed by atoms with Crippen LogP contribution in [-0.4, -0.2) is 32.5 Å². The van der Waals surface area contributed by atoms with Gasteiger partial charge in [0.05, 0.1) is 39.5 Å². The van der Waals surface area contributed by atoms with Crippen LogP contribution in [0.2, 0.25) is 0 Å². The van der Waals surface area contributed by atoms with Gasteiger partial charge >= 0.3 is 11.7 Å². The monoisotopic (exact) mass is 596 g/mol. The molecule has 0 amide bonds. The van der Waals surface area contributed by atoms with Gasteiger partial charge in [0.25, 0.3) is 5.56 Å². The number of imidazole rings is 1. The summed E-state index contributed by atoms with van der Waals surface area (Å²) in [5.74, 6) is -0.510. The minimum absolute atomic E-state index is 0.117. The van der Waals surface area contributed by atoms with E-state index in [1.807, 2.05) is 85.1 Å². The van der Waals surface area contributed by atoms with Crippen molar-refractivity contribution in [3.63, 3.8) is 0 Å². The van der Waals surface area contributed by atoms with E-state index < -0.39 is 12.0 Å². The van der Waals surface area contributed by atoms with Gasteiger partial charge < -0.3 is 4.74 Å². The van der Waals surface area contributed by atoms with Crippen molar-refractivity contribution in [2.24, 2.45) is 19.1 Å². The van der Waals surface area contributed by atoms with Crippen LogP contribution in [0.5, 0.6) is 0 Å². The molecule has 10 heteroatoms. The van der Waals surface area contributed by atoms with Crippen molar-refractivity contribution >= 4 is 51.9 Å². The number of rotatable bonds is 6. The molecule has 2 aromatic heterocycles. The molecular weight excluding hydrogens is 569 g/mol. The molecule has 6 rings (SSSR count). The third kappa shape index (κ3) is 4.66. The van der Waals surface area contributed by atoms with Gasteiger partial charge in [-0.05, 0) is 54.6 Å². The highest BCUT2D eigenvalue weighted by atomic mass is 32.2. The number of fused-ring (bicyclic) bond motifs is 2. The zero-order valence-electron chi connectivity index (χ0n) is 23.5. The first-order valence-electron chi connectivity index (χ1n) is 13.4. The summed E-state index contributed by atoms with van der Waals surface area (Å²) in [7, 11) is 3.46. The molecule has 0 saturated carbocycles. The average molecular weight is 597 g/mol. The lowest BCUT2D eigenvalue weighted by atomic mass is 9.93. The number of aryl methyl sites for hydroxylation is 2. The van der Waals surface area contributed by atoms with Crippen molar-refractivity contribution in [2.75, 3.05) is 12.9 Å². The molecule has 0 spiro atoms. The first-order valence-corrected chi connectivity index (χ1v) is 15.4. The molecule has 3 heterocycles. The minimum Gasteiger partial charge on any atom is -0.463 e. The molecule has 1 aliphatic rings. The summed E-state index contributed by atoms with van der Waals surface area (Å²) in [4.78, 5) is 46.6. The fourth-order valence-corrected chi connectivity index (χ4v) is 6.72. The Morgan fingerprint density at radius 1 is 1.00 bits per heavy atom. The maximum atomic E-state index is 14.1. The van der Waals surface area contributed by atoms with Crippen molar-refractivity contribution in [1.82, 2.24) is 13.7 Å². The molecule has 0 bridgehead atoms. The van der Waals surface area contributed by atoms with Gasteiger partial charge in [-0.1, -0.05) is 59.9 Å². The predicted octanol–water partition coefficient (Wildman–Crippen LogP) is 3.85. The minimum atomic E-state index is -0.731. The molecule has 1 atom stereocenters. The van der Waals surface area contributed by atoms with Crippen LogP contribution in [0.4, 0.5) is 0 Å². The smallest absolute Gasteiger partial charge is 0.338 e. The van der Waals surface area contributed by atoms with Crippen molar-refractivity contribution in [2.45, 2.75) is 17.9 Å². The maximum Gasteiger partial charge on any atom is 0.338 e. The van der Waals surface area contributed by atoms with Crippen molar-refractivity contribution in [1.29, 1.82) is 0 Å². The molecule has 8 nitrogen and oxygen atoms in total. The summed E-state index contributed by atoms with van der Waals surface area (Å²) in [6.07, 6.45) is 3.81. The van der Waals surface area contributed by atoms with Crippen LogP contribution in [0.3, 0.4) is 0 Å². The van der Waals surface area contributed by atoms with E-state index in [0.717, 1.165) is 32.6 Å². The molecule has 1 aliphatic heterocycles. The molecule has 0 unspecified atom stereocenters. The number of carbonyl (C=O) groups excluding carboxylic acids is 1. The van der Waals surface area contributed by atoms with Gasteiger partial charge in [-0.25, -0.2) is 14.6 Å². The summed E-state index contributed by atoms with van der Waals surface area (Å²) in [5, 5.41) is 0. The molecule has 0 saturated heterocycles. The lowest BCUT2D eigenvalue weighted by molar-refractivity contribution is -0.138. The van der Waals surface area contributed by atoms with Crippen LogP contribution in [0, 0.1) is 0 Å². The van der Waals surface area contributed by atoms with Gasteiger partial charge in [0, 0.05) is 24.6 Å². The summed E-state index contributed by atoms with van der Waals surface area (Å²) in [5.41, 5.74) is 4.34. The van der Waals surface area contributed by atoms with Crippen LogP contribution >= 0.6 is 23.1 Å². The number of nitrogens with zero attached hydrogens (tertiary/aromatic N) is 4. The second-order valence-corrected chi connectivity index (χ2v) is 11.7. The van der Waals surface area contributed by atoms with Crippen LogP contribution in [0.25, 0.3) is 22.8 Å². The van der Waals surface area contributed by atoms with Crippen LogP contribution in [0.1, 0.15) is 29.7 Å². The van der Waals surface area contributed by atoms with Gasteiger partial charge in [-0.2, -0.15) is 0 Å². The van der Waals surface area contributed by atoms with E-state index in [2.05, 4.69) is 0 Å². The second-order valence-electron chi connectivity index (χ2n) is 9.85. The summed E-state index contributed by atoms with van der Waals surface area (Å²) in [6.45, 7) is 1.95. The number of hydrogen-bond donors (Lipinski definition) is 0. The van der Waals surface area contributed by atoms with Gasteiger partial charge in [-0.3, -0.25) is 18.5 Å². The molecule has 0 aliphatic carbocycles. The zero-order valence-corrected chi connectivity index (χ0v) is 25.2. The highest BCUT2D eigenvalue weighted by Gasteiger charge is 2.35. The standard InChI is InChI=1S/C32H28N4O4S2/c1-5-40-30(38)26-27(20-9-7-6-8-10-20)33-31-36(28(26)21-12-14-22(41-4)15-13-21)29(37)25(42-31)18-19-11-16-23-24(17-19)35(3)32(39)34(23)2/h6-18,28H,5H2,1-4H3/b25-18+/t28-/m1/s1. The normalized spacial score (nSPS) is 15.1. The average Bonchev–Trinajstić information content (AvgIpc) is 3.44. The fourth-order valence-electron chi connectivity index (χ4n) is 5.31. The molecule has 0 fully saturated rings. The SMILES string of the molecule is CCOC(=O)C1=C(c2ccccc2)N=c2s/c(=C/c3ccc4c(c3)n(C)c(=O)n4C)c(=O)n2[C@@H]1c1ccc(SC)cc1. The van der Waals surface area contributed by atoms with Crippen molar-refractivity contribution in [3.8, 4) is 0 Å². The van der Waals surface area contributed by atoms with Crippen molar-refractivity contribution in [3.05, 3.63) is 125 Å². The molecule has 0 N–H and O–H groups in total. The van der Waals surface area contributed by atoms with E-state index in [-0.39, 0.29) is 17.9 Å². The summed E-state index contributed by atoms with van der Waals surface area (Å²) >= 11 is 2.89. The predicted molar refractivity (Wildman–Crippen MR) is 167 cm³/mol. The number of hydrogen-bond acceptors (Lipinski definition) is 7. The zero-order chi connectivity index (χ0) is 29.5. The van der Waals surface area contributed by atoms with Crippen LogP contribution in [-0.2, 0) is 23.6 Å². The van der Waals surface area contributed by atoms with Crippen LogP contribution < -0.4 is 20.6 Å². The Labute approximate surface area is 249 Å². The molecule has 3 aromatic carbocycles. The first kappa shape index (κ1) is 27.7. The van der Waals surface area contributed by atoms with E-state index in [1.54, 1.807) is 46.5 Å². The highest BCUT2D eigenvalue weighted by molar-refractivity contribution is 7.98. The fraction of sp³-hybridized carbons (Fsp3) is 0.188. The molecular formula is C32H28N4O4S2. The third-order valence-electron chi connectivity index (χ3n) is 7.40. The quantitative estimate of drug-likeness (QED) is 0.220. The van der Waals surface area contributed by atoms with Crippen molar-refractivity contribution < 1.29 is 9.53 Å². The van der Waals surface area contributed by atoms with E-state index >= 15 is 0 Å². The molecule has 5 aromatic rings. The number of thiazole rings is 1. The van der Waals surface area contributed by atoms with E-state index in [1.165, 1.54) is 11.3 Å². The maximum absolute atomic E-state index is 14.1. The highest BCUT2D eigenvalue weighted by Crippen LogP contribution is 2.35. The largest absolute Gasteiger partial charge is 0.463 e. The van der Waals surface area contributed by atoms with E-state index in [4.69, 9.17) is 9.73 Å². The number of esters is 1. The van der Waals surface area contributed by atoms with Gasteiger partial charge in [0.2, 0.25) is 0 Å². The van der Waals surface area contributed by atoms with Crippen LogP contribution in [0.15, 0.2) is 97.8 Å². The Kier molecular flexibility index (Phi) is 7.34. The second kappa shape index (κ2) is 11.1. The van der Waals surface area contributed by atoms with Gasteiger partial charge in [0.1, 0.15) is 0 Å². The van der Waals surface area contributed by atoms with Gasteiger partial charge in [-0.15, -0.1) is 11.8 Å². The molecule has 212 valence electrons. The summed E-state index contributed by atoms with van der Waals surface area (Å²) in [6, 6.07) is 22.3. The number of benzene rings is 3. The molecule has 42 heavy (non-hydrogen) atoms. The molecule has 0 radical (unpaired) electrons. The Balaban J connectivity index is 1.62. The lowest BCUT2D eigenvalue weighted by Crippen LogP contribution is -2.40. The lowest BCUT2D eigenvalue weighted by Gasteiger charge is -2.26. The Morgan fingerprint density at radius 2 is 1.71 bits per heavy atom. The first-order chi connectivity index (χ1) is 20.3. The number of thioether (sulfide) groups is 1. The number of aromatic nitrogens is 3. The number of carbonyl (C=O) groups is 1. The Bertz CT molecular complexity index is 2120. The topological polar surface area (TPSA) is 87.6 Å². The van der Waals surface area contributed by atoms with E-state index in [0.29, 0.717) is 20.6 Å². The Morgan fingerprint density at radius 3 is 2.40 bits per heavy atom. The Hall–Kier alpha value is -4.41. The number of ether oxygens (including phenoxy) is 1. The van der Waals surface area contributed by atoms with Gasteiger partial charge in [0.15, 0.2) is 4.80 Å². The summed E-state index contributed by atoms with van der Waals surface area (Å²) < 4.78 is 10.8.